The van der Waals surface area contributed by atoms with Crippen molar-refractivity contribution in [1.82, 2.24) is 0 Å². The van der Waals surface area contributed by atoms with Gasteiger partial charge in [-0.15, -0.1) is 0 Å². The lowest BCUT2D eigenvalue weighted by atomic mass is 10.1. The number of halogens is 1. The smallest absolute Gasteiger partial charge is 0.310 e. The first-order valence-corrected chi connectivity index (χ1v) is 7.46. The zero-order valence-corrected chi connectivity index (χ0v) is 13.6. The van der Waals surface area contributed by atoms with Crippen LogP contribution in [0.25, 0.3) is 0 Å². The Labute approximate surface area is 133 Å². The van der Waals surface area contributed by atoms with Gasteiger partial charge in [0, 0.05) is 10.0 Å². The van der Waals surface area contributed by atoms with Gasteiger partial charge in [-0.3, -0.25) is 4.79 Å². The number of esters is 1. The van der Waals surface area contributed by atoms with Crippen molar-refractivity contribution in [1.29, 1.82) is 0 Å². The highest BCUT2D eigenvalue weighted by Gasteiger charge is 2.13. The number of hydrogen-bond acceptors (Lipinski definition) is 3. The lowest BCUT2D eigenvalue weighted by molar-refractivity contribution is -0.139. The van der Waals surface area contributed by atoms with E-state index >= 15 is 0 Å². The molecule has 1 atom stereocenters. The molecule has 0 N–H and O–H groups in total. The molecular weight excluding hydrogens is 332 g/mol. The predicted octanol–water partition coefficient (Wildman–Crippen LogP) is 4.30. The van der Waals surface area contributed by atoms with Crippen LogP contribution in [0, 0.1) is 0 Å². The van der Waals surface area contributed by atoms with E-state index in [2.05, 4.69) is 15.9 Å². The van der Waals surface area contributed by atoms with E-state index in [-0.39, 0.29) is 18.5 Å². The third kappa shape index (κ3) is 4.33. The summed E-state index contributed by atoms with van der Waals surface area (Å²) in [6.45, 7) is 1.99. The van der Waals surface area contributed by atoms with Gasteiger partial charge in [0.2, 0.25) is 0 Å². The topological polar surface area (TPSA) is 35.5 Å². The molecule has 0 spiro atoms. The zero-order chi connectivity index (χ0) is 15.2. The van der Waals surface area contributed by atoms with Crippen molar-refractivity contribution in [3.8, 4) is 5.75 Å². The van der Waals surface area contributed by atoms with Crippen molar-refractivity contribution < 1.29 is 14.3 Å². The van der Waals surface area contributed by atoms with Crippen molar-refractivity contribution in [2.24, 2.45) is 0 Å². The summed E-state index contributed by atoms with van der Waals surface area (Å²) in [6, 6.07) is 15.6. The van der Waals surface area contributed by atoms with E-state index in [9.17, 15) is 4.79 Å². The second-order valence-corrected chi connectivity index (χ2v) is 5.59. The molecule has 0 amide bonds. The predicted molar refractivity (Wildman–Crippen MR) is 85.3 cm³/mol. The summed E-state index contributed by atoms with van der Waals surface area (Å²) in [5.74, 6) is 0.408. The number of hydrogen-bond donors (Lipinski definition) is 0. The number of carbonyl (C=O) groups excluding carboxylic acids is 1. The minimum atomic E-state index is -0.287. The Balaban J connectivity index is 2.21. The monoisotopic (exact) mass is 348 g/mol. The van der Waals surface area contributed by atoms with Crippen molar-refractivity contribution in [2.45, 2.75) is 19.4 Å². The molecule has 0 aliphatic heterocycles. The molecule has 0 heterocycles. The van der Waals surface area contributed by atoms with E-state index in [1.165, 1.54) is 7.11 Å². The Kier molecular flexibility index (Phi) is 5.39. The fraction of sp³-hybridized carbons (Fsp3) is 0.235. The third-order valence-electron chi connectivity index (χ3n) is 3.16. The first kappa shape index (κ1) is 15.6. The van der Waals surface area contributed by atoms with Crippen LogP contribution in [-0.2, 0) is 16.0 Å². The number of methoxy groups -OCH3 is 1. The molecule has 0 radical (unpaired) electrons. The van der Waals surface area contributed by atoms with Crippen LogP contribution in [0.1, 0.15) is 24.2 Å². The number of benzene rings is 2. The standard InChI is InChI=1S/C17H17BrO3/c1-12(13-6-4-3-5-7-13)21-16-9-8-15(18)10-14(16)11-17(19)20-2/h3-10,12H,11H2,1-2H3/t12-/m0/s1. The molecule has 0 saturated carbocycles. The van der Waals surface area contributed by atoms with Crippen LogP contribution in [-0.4, -0.2) is 13.1 Å². The highest BCUT2D eigenvalue weighted by Crippen LogP contribution is 2.28. The second kappa shape index (κ2) is 7.27. The molecule has 0 aromatic heterocycles. The first-order chi connectivity index (χ1) is 10.1. The van der Waals surface area contributed by atoms with E-state index in [0.29, 0.717) is 5.75 Å². The van der Waals surface area contributed by atoms with Gasteiger partial charge >= 0.3 is 5.97 Å². The van der Waals surface area contributed by atoms with Gasteiger partial charge in [-0.2, -0.15) is 0 Å². The Morgan fingerprint density at radius 2 is 1.90 bits per heavy atom. The lowest BCUT2D eigenvalue weighted by Crippen LogP contribution is -2.09. The molecule has 0 fully saturated rings. The molecule has 2 aromatic carbocycles. The molecule has 0 unspecified atom stereocenters. The molecule has 2 rings (SSSR count). The van der Waals surface area contributed by atoms with E-state index in [0.717, 1.165) is 15.6 Å². The number of ether oxygens (including phenoxy) is 2. The van der Waals surface area contributed by atoms with E-state index in [1.54, 1.807) is 0 Å². The van der Waals surface area contributed by atoms with Crippen LogP contribution >= 0.6 is 15.9 Å². The van der Waals surface area contributed by atoms with Crippen molar-refractivity contribution >= 4 is 21.9 Å². The Hall–Kier alpha value is -1.81. The Morgan fingerprint density at radius 1 is 1.19 bits per heavy atom. The Bertz CT molecular complexity index is 611. The van der Waals surface area contributed by atoms with E-state index in [4.69, 9.17) is 9.47 Å². The maximum Gasteiger partial charge on any atom is 0.310 e. The van der Waals surface area contributed by atoms with Crippen LogP contribution in [0.15, 0.2) is 53.0 Å². The molecule has 3 nitrogen and oxygen atoms in total. The summed E-state index contributed by atoms with van der Waals surface area (Å²) in [5.41, 5.74) is 1.89. The quantitative estimate of drug-likeness (QED) is 0.755. The summed E-state index contributed by atoms with van der Waals surface area (Å²) in [7, 11) is 1.38. The summed E-state index contributed by atoms with van der Waals surface area (Å²) >= 11 is 3.41. The first-order valence-electron chi connectivity index (χ1n) is 6.67. The van der Waals surface area contributed by atoms with Crippen LogP contribution in [0.2, 0.25) is 0 Å². The average molecular weight is 349 g/mol. The third-order valence-corrected chi connectivity index (χ3v) is 3.65. The van der Waals surface area contributed by atoms with Gasteiger partial charge in [0.05, 0.1) is 13.5 Å². The minimum absolute atomic E-state index is 0.0937. The van der Waals surface area contributed by atoms with Crippen LogP contribution in [0.3, 0.4) is 0 Å². The fourth-order valence-electron chi connectivity index (χ4n) is 2.01. The highest BCUT2D eigenvalue weighted by molar-refractivity contribution is 9.10. The van der Waals surface area contributed by atoms with Crippen molar-refractivity contribution in [2.75, 3.05) is 7.11 Å². The molecule has 0 aliphatic rings. The maximum atomic E-state index is 11.5. The molecule has 0 bridgehead atoms. The summed E-state index contributed by atoms with van der Waals surface area (Å²) in [5, 5.41) is 0. The molecule has 0 aliphatic carbocycles. The van der Waals surface area contributed by atoms with Crippen LogP contribution in [0.5, 0.6) is 5.75 Å². The maximum absolute atomic E-state index is 11.5. The van der Waals surface area contributed by atoms with E-state index < -0.39 is 0 Å². The van der Waals surface area contributed by atoms with Gasteiger partial charge in [-0.1, -0.05) is 46.3 Å². The van der Waals surface area contributed by atoms with Gasteiger partial charge in [0.15, 0.2) is 0 Å². The number of carbonyl (C=O) groups is 1. The zero-order valence-electron chi connectivity index (χ0n) is 12.0. The molecule has 21 heavy (non-hydrogen) atoms. The highest BCUT2D eigenvalue weighted by atomic mass is 79.9. The normalized spacial score (nSPS) is 11.8. The Morgan fingerprint density at radius 3 is 2.57 bits per heavy atom. The van der Waals surface area contributed by atoms with Gasteiger partial charge in [0.1, 0.15) is 11.9 Å². The fourth-order valence-corrected chi connectivity index (χ4v) is 2.42. The SMILES string of the molecule is COC(=O)Cc1cc(Br)ccc1O[C@@H](C)c1ccccc1. The summed E-state index contributed by atoms with van der Waals surface area (Å²) in [4.78, 5) is 11.5. The molecule has 110 valence electrons. The van der Waals surface area contributed by atoms with Crippen LogP contribution < -0.4 is 4.74 Å². The number of rotatable bonds is 5. The molecular formula is C17H17BrO3. The van der Waals surface area contributed by atoms with Gasteiger partial charge in [0.25, 0.3) is 0 Å². The van der Waals surface area contributed by atoms with Crippen molar-refractivity contribution in [3.05, 3.63) is 64.1 Å². The van der Waals surface area contributed by atoms with Crippen LogP contribution in [0.4, 0.5) is 0 Å². The summed E-state index contributed by atoms with van der Waals surface area (Å²) in [6.07, 6.45) is 0.0936. The lowest BCUT2D eigenvalue weighted by Gasteiger charge is -2.18. The molecule has 0 saturated heterocycles. The van der Waals surface area contributed by atoms with Gasteiger partial charge in [-0.05, 0) is 30.7 Å². The van der Waals surface area contributed by atoms with E-state index in [1.807, 2.05) is 55.5 Å². The van der Waals surface area contributed by atoms with Gasteiger partial charge < -0.3 is 9.47 Å². The molecule has 2 aromatic rings. The minimum Gasteiger partial charge on any atom is -0.486 e. The van der Waals surface area contributed by atoms with Crippen molar-refractivity contribution in [3.63, 3.8) is 0 Å². The average Bonchev–Trinajstić information content (AvgIpc) is 2.50. The van der Waals surface area contributed by atoms with Gasteiger partial charge in [-0.25, -0.2) is 0 Å². The second-order valence-electron chi connectivity index (χ2n) is 4.68. The molecule has 4 heteroatoms. The summed E-state index contributed by atoms with van der Waals surface area (Å²) < 4.78 is 11.6. The largest absolute Gasteiger partial charge is 0.486 e.